The van der Waals surface area contributed by atoms with Crippen LogP contribution in [-0.4, -0.2) is 40.9 Å². The van der Waals surface area contributed by atoms with E-state index in [9.17, 15) is 19.5 Å². The van der Waals surface area contributed by atoms with Crippen molar-refractivity contribution in [1.29, 1.82) is 0 Å². The summed E-state index contributed by atoms with van der Waals surface area (Å²) < 4.78 is 0. The number of nitrogens with one attached hydrogen (secondary N) is 1. The van der Waals surface area contributed by atoms with Gasteiger partial charge in [0.25, 0.3) is 5.91 Å². The van der Waals surface area contributed by atoms with Gasteiger partial charge < -0.3 is 10.4 Å². The third-order valence-electron chi connectivity index (χ3n) is 4.77. The third-order valence-corrected chi connectivity index (χ3v) is 4.77. The van der Waals surface area contributed by atoms with Crippen molar-refractivity contribution in [2.75, 3.05) is 13.1 Å². The molecular weight excluding hydrogens is 308 g/mol. The van der Waals surface area contributed by atoms with Gasteiger partial charge in [0.1, 0.15) is 6.54 Å². The summed E-state index contributed by atoms with van der Waals surface area (Å²) in [5.41, 5.74) is 0.751. The Morgan fingerprint density at radius 3 is 2.29 bits per heavy atom. The predicted octanol–water partition coefficient (Wildman–Crippen LogP) is 2.12. The first-order valence-corrected chi connectivity index (χ1v) is 7.96. The molecule has 0 fully saturated rings. The Hall–Kier alpha value is -2.63. The maximum absolute atomic E-state index is 12.4. The lowest BCUT2D eigenvalue weighted by Crippen LogP contribution is -2.45. The van der Waals surface area contributed by atoms with Crippen molar-refractivity contribution in [2.45, 2.75) is 26.7 Å². The summed E-state index contributed by atoms with van der Waals surface area (Å²) in [6, 6.07) is 7.06. The van der Waals surface area contributed by atoms with Gasteiger partial charge in [-0.25, -0.2) is 0 Å². The van der Waals surface area contributed by atoms with Gasteiger partial charge in [-0.05, 0) is 18.9 Å². The van der Waals surface area contributed by atoms with Crippen LogP contribution in [0.1, 0.15) is 42.6 Å². The standard InChI is InChI=1S/C18H22N2O4/c1-4-18(5-2,17(23)24)11-19-15(21)10-20-12(3)13-8-6-7-9-14(13)16(20)22/h6-9H,3-5,10-11H2,1-2H3,(H,19,21)(H,23,24). The maximum atomic E-state index is 12.4. The van der Waals surface area contributed by atoms with Crippen LogP contribution in [-0.2, 0) is 9.59 Å². The zero-order valence-electron chi connectivity index (χ0n) is 14.0. The molecule has 1 heterocycles. The average molecular weight is 330 g/mol. The van der Waals surface area contributed by atoms with Crippen LogP contribution < -0.4 is 5.32 Å². The fourth-order valence-electron chi connectivity index (χ4n) is 2.85. The number of rotatable bonds is 7. The first-order chi connectivity index (χ1) is 11.4. The van der Waals surface area contributed by atoms with Crippen LogP contribution in [0.25, 0.3) is 5.70 Å². The average Bonchev–Trinajstić information content (AvgIpc) is 2.81. The van der Waals surface area contributed by atoms with E-state index in [2.05, 4.69) is 11.9 Å². The molecule has 2 amide bonds. The Morgan fingerprint density at radius 2 is 1.79 bits per heavy atom. The van der Waals surface area contributed by atoms with Crippen LogP contribution >= 0.6 is 0 Å². The zero-order chi connectivity index (χ0) is 17.9. The van der Waals surface area contributed by atoms with E-state index in [0.29, 0.717) is 24.1 Å². The van der Waals surface area contributed by atoms with Crippen LogP contribution in [0.5, 0.6) is 0 Å². The summed E-state index contributed by atoms with van der Waals surface area (Å²) in [6.45, 7) is 7.31. The fourth-order valence-corrected chi connectivity index (χ4v) is 2.85. The number of benzene rings is 1. The number of amides is 2. The summed E-state index contributed by atoms with van der Waals surface area (Å²) in [4.78, 5) is 37.3. The minimum atomic E-state index is -0.981. The summed E-state index contributed by atoms with van der Waals surface area (Å²) in [7, 11) is 0. The third kappa shape index (κ3) is 3.04. The first-order valence-electron chi connectivity index (χ1n) is 7.96. The highest BCUT2D eigenvalue weighted by Gasteiger charge is 2.36. The molecule has 1 aromatic carbocycles. The van der Waals surface area contributed by atoms with E-state index >= 15 is 0 Å². The molecule has 0 unspecified atom stereocenters. The highest BCUT2D eigenvalue weighted by atomic mass is 16.4. The van der Waals surface area contributed by atoms with Gasteiger partial charge in [-0.2, -0.15) is 0 Å². The Kier molecular flexibility index (Phi) is 5.07. The first kappa shape index (κ1) is 17.7. The topological polar surface area (TPSA) is 86.7 Å². The number of carbonyl (C=O) groups is 3. The van der Waals surface area contributed by atoms with Gasteiger partial charge in [0.15, 0.2) is 0 Å². The van der Waals surface area contributed by atoms with E-state index < -0.39 is 17.3 Å². The molecule has 0 saturated heterocycles. The monoisotopic (exact) mass is 330 g/mol. The molecule has 0 atom stereocenters. The number of fused-ring (bicyclic) bond motifs is 1. The van der Waals surface area contributed by atoms with Gasteiger partial charge in [-0.3, -0.25) is 19.3 Å². The lowest BCUT2D eigenvalue weighted by Gasteiger charge is -2.27. The molecule has 24 heavy (non-hydrogen) atoms. The molecule has 1 aliphatic rings. The van der Waals surface area contributed by atoms with E-state index in [1.54, 1.807) is 32.0 Å². The van der Waals surface area contributed by atoms with Gasteiger partial charge in [0, 0.05) is 23.4 Å². The van der Waals surface area contributed by atoms with Crippen molar-refractivity contribution in [2.24, 2.45) is 5.41 Å². The van der Waals surface area contributed by atoms with Crippen LogP contribution in [0.15, 0.2) is 30.8 Å². The molecule has 6 nitrogen and oxygen atoms in total. The minimum absolute atomic E-state index is 0.0373. The second-order valence-electron chi connectivity index (χ2n) is 5.95. The predicted molar refractivity (Wildman–Crippen MR) is 90.2 cm³/mol. The lowest BCUT2D eigenvalue weighted by atomic mass is 9.82. The molecule has 0 spiro atoms. The summed E-state index contributed by atoms with van der Waals surface area (Å²) in [5.74, 6) is -1.59. The highest BCUT2D eigenvalue weighted by molar-refractivity contribution is 6.10. The smallest absolute Gasteiger partial charge is 0.311 e. The number of carboxylic acid groups (broad SMARTS) is 1. The van der Waals surface area contributed by atoms with E-state index in [4.69, 9.17) is 0 Å². The van der Waals surface area contributed by atoms with Gasteiger partial charge in [-0.1, -0.05) is 38.6 Å². The normalized spacial score (nSPS) is 13.8. The summed E-state index contributed by atoms with van der Waals surface area (Å²) in [5, 5.41) is 12.0. The molecule has 128 valence electrons. The lowest BCUT2D eigenvalue weighted by molar-refractivity contribution is -0.149. The van der Waals surface area contributed by atoms with Crippen LogP contribution in [0.3, 0.4) is 0 Å². The highest BCUT2D eigenvalue weighted by Crippen LogP contribution is 2.31. The Morgan fingerprint density at radius 1 is 1.21 bits per heavy atom. The molecule has 0 saturated carbocycles. The second kappa shape index (κ2) is 6.86. The van der Waals surface area contributed by atoms with Crippen molar-refractivity contribution in [3.63, 3.8) is 0 Å². The molecule has 0 aliphatic carbocycles. The molecule has 2 rings (SSSR count). The van der Waals surface area contributed by atoms with E-state index in [1.165, 1.54) is 4.90 Å². The van der Waals surface area contributed by atoms with Crippen molar-refractivity contribution in [3.8, 4) is 0 Å². The SMILES string of the molecule is C=C1c2ccccc2C(=O)N1CC(=O)NCC(CC)(CC)C(=O)O. The molecular formula is C18H22N2O4. The fraction of sp³-hybridized carbons (Fsp3) is 0.389. The molecule has 6 heteroatoms. The van der Waals surface area contributed by atoms with E-state index in [0.717, 1.165) is 5.56 Å². The molecule has 2 N–H and O–H groups in total. The van der Waals surface area contributed by atoms with Crippen LogP contribution in [0, 0.1) is 5.41 Å². The second-order valence-corrected chi connectivity index (χ2v) is 5.95. The van der Waals surface area contributed by atoms with E-state index in [1.807, 2.05) is 6.07 Å². The van der Waals surface area contributed by atoms with Crippen LogP contribution in [0.4, 0.5) is 0 Å². The molecule has 1 aliphatic heterocycles. The van der Waals surface area contributed by atoms with Gasteiger partial charge >= 0.3 is 5.97 Å². The summed E-state index contributed by atoms with van der Waals surface area (Å²) in [6.07, 6.45) is 0.833. The Labute approximate surface area is 141 Å². The number of hydrogen-bond donors (Lipinski definition) is 2. The molecule has 0 bridgehead atoms. The Balaban J connectivity index is 2.03. The minimum Gasteiger partial charge on any atom is -0.481 e. The zero-order valence-corrected chi connectivity index (χ0v) is 14.0. The van der Waals surface area contributed by atoms with Crippen molar-refractivity contribution >= 4 is 23.5 Å². The Bertz CT molecular complexity index is 657. The quantitative estimate of drug-likeness (QED) is 0.802. The summed E-state index contributed by atoms with van der Waals surface area (Å²) >= 11 is 0. The molecule has 0 radical (unpaired) electrons. The number of aliphatic carboxylic acids is 1. The number of nitrogens with zero attached hydrogens (tertiary/aromatic N) is 1. The van der Waals surface area contributed by atoms with Crippen molar-refractivity contribution < 1.29 is 19.5 Å². The number of carbonyl (C=O) groups excluding carboxylic acids is 2. The molecule has 1 aromatic rings. The van der Waals surface area contributed by atoms with E-state index in [-0.39, 0.29) is 19.0 Å². The van der Waals surface area contributed by atoms with Gasteiger partial charge in [0.2, 0.25) is 5.91 Å². The largest absolute Gasteiger partial charge is 0.481 e. The van der Waals surface area contributed by atoms with Crippen molar-refractivity contribution in [3.05, 3.63) is 42.0 Å². The van der Waals surface area contributed by atoms with Gasteiger partial charge in [0.05, 0.1) is 5.41 Å². The van der Waals surface area contributed by atoms with Crippen molar-refractivity contribution in [1.82, 2.24) is 10.2 Å². The maximum Gasteiger partial charge on any atom is 0.311 e. The molecule has 0 aromatic heterocycles. The van der Waals surface area contributed by atoms with Gasteiger partial charge in [-0.15, -0.1) is 0 Å². The number of hydrogen-bond acceptors (Lipinski definition) is 3. The number of carboxylic acids is 1. The van der Waals surface area contributed by atoms with Crippen LogP contribution in [0.2, 0.25) is 0 Å².